The summed E-state index contributed by atoms with van der Waals surface area (Å²) in [6.07, 6.45) is 10.5. The summed E-state index contributed by atoms with van der Waals surface area (Å²) in [5, 5.41) is 21.1. The summed E-state index contributed by atoms with van der Waals surface area (Å²) < 4.78 is 5.34. The van der Waals surface area contributed by atoms with E-state index in [1.165, 1.54) is 36.4 Å². The van der Waals surface area contributed by atoms with Crippen LogP contribution in [-0.2, 0) is 6.42 Å². The van der Waals surface area contributed by atoms with E-state index >= 15 is 0 Å². The van der Waals surface area contributed by atoms with Crippen LogP contribution in [0.4, 0.5) is 4.79 Å². The molecule has 7 nitrogen and oxygen atoms in total. The van der Waals surface area contributed by atoms with E-state index < -0.39 is 23.3 Å². The van der Waals surface area contributed by atoms with Gasteiger partial charge in [0.05, 0.1) is 0 Å². The summed E-state index contributed by atoms with van der Waals surface area (Å²) >= 11 is 1.62. The van der Waals surface area contributed by atoms with Crippen molar-refractivity contribution in [2.45, 2.75) is 71.6 Å². The molecule has 0 aliphatic carbocycles. The number of carbonyl (C=O) groups is 2. The fraction of sp³-hybridized carbons (Fsp3) is 0.423. The average Bonchev–Trinajstić information content (AvgIpc) is 3.22. The van der Waals surface area contributed by atoms with Crippen LogP contribution in [0.5, 0.6) is 5.75 Å². The van der Waals surface area contributed by atoms with Crippen LogP contribution < -0.4 is 10.9 Å². The van der Waals surface area contributed by atoms with Crippen molar-refractivity contribution in [1.29, 1.82) is 0 Å². The standard InChI is InChI=1S/C26H33NO6S/c1-4-5-6-7-11-19-12-13-20(34-19)15-18(3)24(29)23-21(28)16-22(33-25(23)30)17(2)10-8-9-14-27-26(31)32/h9,12-17,27-28H,4-8,10-11H2,1-3H3,(H,31,32). The summed E-state index contributed by atoms with van der Waals surface area (Å²) in [4.78, 5) is 38.0. The van der Waals surface area contributed by atoms with E-state index in [4.69, 9.17) is 9.52 Å². The van der Waals surface area contributed by atoms with Crippen molar-refractivity contribution in [3.63, 3.8) is 0 Å². The number of carboxylic acid groups (broad SMARTS) is 1. The molecule has 34 heavy (non-hydrogen) atoms. The van der Waals surface area contributed by atoms with Gasteiger partial charge in [-0.1, -0.05) is 39.2 Å². The quantitative estimate of drug-likeness (QED) is 0.169. The highest BCUT2D eigenvalue weighted by molar-refractivity contribution is 7.12. The first-order chi connectivity index (χ1) is 16.2. The third-order valence-corrected chi connectivity index (χ3v) is 6.52. The van der Waals surface area contributed by atoms with Crippen LogP contribution in [0.1, 0.15) is 91.1 Å². The zero-order valence-corrected chi connectivity index (χ0v) is 20.7. The van der Waals surface area contributed by atoms with Gasteiger partial charge in [-0.25, -0.2) is 9.59 Å². The largest absolute Gasteiger partial charge is 0.507 e. The lowest BCUT2D eigenvalue weighted by atomic mass is 10.00. The van der Waals surface area contributed by atoms with Crippen LogP contribution in [0.25, 0.3) is 6.08 Å². The van der Waals surface area contributed by atoms with Gasteiger partial charge in [-0.15, -0.1) is 11.3 Å². The molecule has 184 valence electrons. The Bertz CT molecular complexity index is 1090. The minimum atomic E-state index is -1.15. The van der Waals surface area contributed by atoms with Gasteiger partial charge in [0, 0.05) is 27.9 Å². The molecule has 0 aliphatic heterocycles. The number of amides is 1. The molecular weight excluding hydrogens is 454 g/mol. The first-order valence-electron chi connectivity index (χ1n) is 11.6. The van der Waals surface area contributed by atoms with E-state index in [1.807, 2.05) is 13.0 Å². The monoisotopic (exact) mass is 487 g/mol. The summed E-state index contributed by atoms with van der Waals surface area (Å²) in [7, 11) is 0. The number of ketones is 1. The Morgan fingerprint density at radius 1 is 1.24 bits per heavy atom. The third-order valence-electron chi connectivity index (χ3n) is 5.43. The number of aromatic hydroxyl groups is 1. The van der Waals surface area contributed by atoms with E-state index in [0.29, 0.717) is 18.4 Å². The van der Waals surface area contributed by atoms with E-state index in [0.717, 1.165) is 17.7 Å². The second-order valence-electron chi connectivity index (χ2n) is 8.30. The molecule has 0 saturated carbocycles. The number of hydrogen-bond acceptors (Lipinski definition) is 6. The van der Waals surface area contributed by atoms with Gasteiger partial charge in [-0.3, -0.25) is 10.1 Å². The number of allylic oxidation sites excluding steroid dienone is 2. The predicted octanol–water partition coefficient (Wildman–Crippen LogP) is 6.48. The van der Waals surface area contributed by atoms with Crippen molar-refractivity contribution in [3.8, 4) is 5.75 Å². The maximum Gasteiger partial charge on any atom is 0.408 e. The van der Waals surface area contributed by atoms with Crippen molar-refractivity contribution < 1.29 is 24.2 Å². The average molecular weight is 488 g/mol. The number of rotatable bonds is 13. The van der Waals surface area contributed by atoms with Crippen molar-refractivity contribution in [2.75, 3.05) is 0 Å². The van der Waals surface area contributed by atoms with E-state index in [-0.39, 0.29) is 17.2 Å². The van der Waals surface area contributed by atoms with Crippen LogP contribution in [0, 0.1) is 0 Å². The summed E-state index contributed by atoms with van der Waals surface area (Å²) in [6, 6.07) is 5.34. The lowest BCUT2D eigenvalue weighted by Crippen LogP contribution is -2.16. The molecule has 2 aromatic heterocycles. The molecule has 1 amide bonds. The zero-order valence-electron chi connectivity index (χ0n) is 19.9. The van der Waals surface area contributed by atoms with Gasteiger partial charge in [-0.2, -0.15) is 0 Å². The Labute approximate surface area is 203 Å². The molecule has 0 fully saturated rings. The van der Waals surface area contributed by atoms with E-state index in [1.54, 1.807) is 30.4 Å². The van der Waals surface area contributed by atoms with Crippen molar-refractivity contribution in [3.05, 3.63) is 67.5 Å². The number of unbranched alkanes of at least 4 members (excludes halogenated alkanes) is 3. The number of aryl methyl sites for hydroxylation is 1. The molecule has 3 N–H and O–H groups in total. The van der Waals surface area contributed by atoms with Crippen LogP contribution in [0.2, 0.25) is 0 Å². The van der Waals surface area contributed by atoms with Crippen LogP contribution in [0.3, 0.4) is 0 Å². The van der Waals surface area contributed by atoms with Crippen molar-refractivity contribution in [1.82, 2.24) is 5.32 Å². The molecule has 1 unspecified atom stereocenters. The topological polar surface area (TPSA) is 117 Å². The molecule has 2 aromatic rings. The second kappa shape index (κ2) is 13.5. The Morgan fingerprint density at radius 3 is 2.68 bits per heavy atom. The number of thiophene rings is 1. The zero-order chi connectivity index (χ0) is 25.1. The highest BCUT2D eigenvalue weighted by Gasteiger charge is 2.22. The number of hydrogen-bond donors (Lipinski definition) is 3. The summed E-state index contributed by atoms with van der Waals surface area (Å²) in [5.41, 5.74) is -0.893. The molecular formula is C26H33NO6S. The highest BCUT2D eigenvalue weighted by Crippen LogP contribution is 2.27. The Kier molecular flexibility index (Phi) is 10.8. The van der Waals surface area contributed by atoms with Gasteiger partial charge in [0.2, 0.25) is 0 Å². The Hall–Kier alpha value is -3.13. The molecule has 0 radical (unpaired) electrons. The van der Waals surface area contributed by atoms with Gasteiger partial charge in [0.25, 0.3) is 0 Å². The molecule has 0 aliphatic rings. The SMILES string of the molecule is CCCCCCc1ccc(C=C(C)C(=O)c2c(O)cc(C(C)CCC=CNC(=O)O)oc2=O)s1. The lowest BCUT2D eigenvalue weighted by Gasteiger charge is -2.11. The minimum Gasteiger partial charge on any atom is -0.507 e. The molecule has 0 aromatic carbocycles. The predicted molar refractivity (Wildman–Crippen MR) is 135 cm³/mol. The van der Waals surface area contributed by atoms with Crippen molar-refractivity contribution in [2.24, 2.45) is 0 Å². The maximum atomic E-state index is 12.9. The van der Waals surface area contributed by atoms with Crippen LogP contribution in [-0.4, -0.2) is 22.1 Å². The molecule has 2 heterocycles. The smallest absolute Gasteiger partial charge is 0.408 e. The molecule has 0 bridgehead atoms. The summed E-state index contributed by atoms with van der Waals surface area (Å²) in [5.74, 6) is -0.908. The number of carbonyl (C=O) groups excluding carboxylic acids is 1. The number of nitrogens with one attached hydrogen (secondary N) is 1. The fourth-order valence-electron chi connectivity index (χ4n) is 3.46. The lowest BCUT2D eigenvalue weighted by molar-refractivity contribution is 0.102. The molecule has 8 heteroatoms. The molecule has 0 saturated heterocycles. The van der Waals surface area contributed by atoms with Crippen LogP contribution >= 0.6 is 11.3 Å². The highest BCUT2D eigenvalue weighted by atomic mass is 32.1. The van der Waals surface area contributed by atoms with E-state index in [2.05, 4.69) is 18.3 Å². The van der Waals surface area contributed by atoms with Gasteiger partial charge >= 0.3 is 11.7 Å². The molecule has 1 atom stereocenters. The van der Waals surface area contributed by atoms with Gasteiger partial charge in [0.1, 0.15) is 17.1 Å². The third kappa shape index (κ3) is 8.33. The molecule has 2 rings (SSSR count). The normalized spacial score (nSPS) is 12.7. The van der Waals surface area contributed by atoms with Gasteiger partial charge in [0.15, 0.2) is 5.78 Å². The first kappa shape index (κ1) is 27.1. The first-order valence-corrected chi connectivity index (χ1v) is 12.4. The fourth-order valence-corrected chi connectivity index (χ4v) is 4.52. The van der Waals surface area contributed by atoms with E-state index in [9.17, 15) is 19.5 Å². The van der Waals surface area contributed by atoms with Crippen molar-refractivity contribution >= 4 is 29.3 Å². The minimum absolute atomic E-state index is 0.212. The number of Topliss-reactive ketones (excluding diaryl/α,β-unsaturated/α-hetero) is 1. The van der Waals surface area contributed by atoms with Gasteiger partial charge < -0.3 is 14.6 Å². The molecule has 0 spiro atoms. The van der Waals surface area contributed by atoms with Crippen LogP contribution in [0.15, 0.2) is 45.3 Å². The van der Waals surface area contributed by atoms with Gasteiger partial charge in [-0.05, 0) is 56.4 Å². The second-order valence-corrected chi connectivity index (χ2v) is 9.50. The summed E-state index contributed by atoms with van der Waals surface area (Å²) in [6.45, 7) is 5.62. The Balaban J connectivity index is 2.06. The maximum absolute atomic E-state index is 12.9. The Morgan fingerprint density at radius 2 is 2.00 bits per heavy atom.